The van der Waals surface area contributed by atoms with E-state index in [4.69, 9.17) is 0 Å². The van der Waals surface area contributed by atoms with E-state index in [2.05, 4.69) is 17.1 Å². The van der Waals surface area contributed by atoms with Gasteiger partial charge in [0.15, 0.2) is 0 Å². The normalized spacial score (nSPS) is 26.8. The van der Waals surface area contributed by atoms with Gasteiger partial charge in [-0.05, 0) is 57.3 Å². The second-order valence-corrected chi connectivity index (χ2v) is 6.04. The van der Waals surface area contributed by atoms with Crippen molar-refractivity contribution in [1.29, 1.82) is 0 Å². The van der Waals surface area contributed by atoms with Crippen LogP contribution < -0.4 is 5.32 Å². The van der Waals surface area contributed by atoms with Crippen LogP contribution in [0.3, 0.4) is 0 Å². The van der Waals surface area contributed by atoms with Crippen LogP contribution in [0.4, 0.5) is 0 Å². The van der Waals surface area contributed by atoms with Gasteiger partial charge in [0.1, 0.15) is 0 Å². The van der Waals surface area contributed by atoms with Gasteiger partial charge in [-0.15, -0.1) is 0 Å². The van der Waals surface area contributed by atoms with Crippen LogP contribution >= 0.6 is 0 Å². The number of nitrogens with zero attached hydrogens (tertiary/aromatic N) is 1. The number of piperidine rings is 1. The molecule has 2 aliphatic rings. The summed E-state index contributed by atoms with van der Waals surface area (Å²) in [6.07, 6.45) is 10.3. The summed E-state index contributed by atoms with van der Waals surface area (Å²) in [5.41, 5.74) is 0. The Morgan fingerprint density at radius 2 is 1.82 bits per heavy atom. The highest BCUT2D eigenvalue weighted by molar-refractivity contribution is 4.74. The third kappa shape index (κ3) is 4.59. The van der Waals surface area contributed by atoms with E-state index >= 15 is 0 Å². The predicted molar refractivity (Wildman–Crippen MR) is 74.3 cm³/mol. The zero-order chi connectivity index (χ0) is 11.9. The highest BCUT2D eigenvalue weighted by Crippen LogP contribution is 2.27. The van der Waals surface area contributed by atoms with Crippen molar-refractivity contribution in [2.75, 3.05) is 32.7 Å². The fraction of sp³-hybridized carbons (Fsp3) is 1.00. The lowest BCUT2D eigenvalue weighted by atomic mass is 9.98. The molecule has 1 unspecified atom stereocenters. The molecule has 0 aromatic rings. The van der Waals surface area contributed by atoms with E-state index < -0.39 is 0 Å². The van der Waals surface area contributed by atoms with Crippen molar-refractivity contribution >= 4 is 0 Å². The van der Waals surface area contributed by atoms with Gasteiger partial charge in [0.05, 0.1) is 0 Å². The van der Waals surface area contributed by atoms with E-state index in [1.165, 1.54) is 77.7 Å². The Labute approximate surface area is 107 Å². The molecule has 1 heterocycles. The molecule has 0 radical (unpaired) electrons. The Balaban J connectivity index is 1.64. The molecule has 0 amide bonds. The summed E-state index contributed by atoms with van der Waals surface area (Å²) in [5.74, 6) is 1.96. The lowest BCUT2D eigenvalue weighted by Gasteiger charge is -2.30. The summed E-state index contributed by atoms with van der Waals surface area (Å²) in [7, 11) is 0. The minimum absolute atomic E-state index is 0.910. The van der Waals surface area contributed by atoms with Crippen LogP contribution in [0.5, 0.6) is 0 Å². The molecule has 2 rings (SSSR count). The molecule has 0 bridgehead atoms. The van der Waals surface area contributed by atoms with Crippen molar-refractivity contribution in [3.63, 3.8) is 0 Å². The molecule has 2 heteroatoms. The van der Waals surface area contributed by atoms with Gasteiger partial charge in [0, 0.05) is 6.54 Å². The van der Waals surface area contributed by atoms with Crippen LogP contribution in [-0.2, 0) is 0 Å². The van der Waals surface area contributed by atoms with Crippen molar-refractivity contribution in [3.8, 4) is 0 Å². The molecule has 1 saturated carbocycles. The van der Waals surface area contributed by atoms with Crippen LogP contribution in [0.1, 0.15) is 51.9 Å². The maximum absolute atomic E-state index is 3.53. The van der Waals surface area contributed by atoms with Gasteiger partial charge in [-0.2, -0.15) is 0 Å². The Kier molecular flexibility index (Phi) is 5.79. The van der Waals surface area contributed by atoms with E-state index in [1.54, 1.807) is 0 Å². The molecule has 1 saturated heterocycles. The summed E-state index contributed by atoms with van der Waals surface area (Å²) in [6, 6.07) is 0. The second-order valence-electron chi connectivity index (χ2n) is 6.04. The van der Waals surface area contributed by atoms with Crippen molar-refractivity contribution < 1.29 is 0 Å². The first kappa shape index (κ1) is 13.4. The average molecular weight is 238 g/mol. The monoisotopic (exact) mass is 238 g/mol. The number of nitrogens with one attached hydrogen (secondary N) is 1. The lowest BCUT2D eigenvalue weighted by Crippen LogP contribution is -2.38. The molecule has 17 heavy (non-hydrogen) atoms. The van der Waals surface area contributed by atoms with Gasteiger partial charge < -0.3 is 10.2 Å². The third-order valence-electron chi connectivity index (χ3n) is 4.69. The number of hydrogen-bond donors (Lipinski definition) is 1. The molecule has 2 nitrogen and oxygen atoms in total. The summed E-state index contributed by atoms with van der Waals surface area (Å²) >= 11 is 0. The highest BCUT2D eigenvalue weighted by atomic mass is 15.1. The van der Waals surface area contributed by atoms with E-state index in [0.29, 0.717) is 0 Å². The maximum atomic E-state index is 3.53. The zero-order valence-corrected chi connectivity index (χ0v) is 11.6. The first-order valence-electron chi connectivity index (χ1n) is 7.81. The molecule has 100 valence electrons. The largest absolute Gasteiger partial charge is 0.316 e. The molecule has 0 aromatic carbocycles. The molecule has 1 aliphatic carbocycles. The molecule has 2 fully saturated rings. The minimum atomic E-state index is 0.910. The highest BCUT2D eigenvalue weighted by Gasteiger charge is 2.19. The van der Waals surface area contributed by atoms with Gasteiger partial charge in [0.2, 0.25) is 0 Å². The molecular weight excluding hydrogens is 208 g/mol. The van der Waals surface area contributed by atoms with Crippen LogP contribution in [0.25, 0.3) is 0 Å². The Morgan fingerprint density at radius 3 is 2.47 bits per heavy atom. The SMILES string of the molecule is CCN(CCC1CCCC1)CC1CCCNC1. The van der Waals surface area contributed by atoms with E-state index in [0.717, 1.165) is 11.8 Å². The quantitative estimate of drug-likeness (QED) is 0.765. The van der Waals surface area contributed by atoms with Gasteiger partial charge >= 0.3 is 0 Å². The zero-order valence-electron chi connectivity index (χ0n) is 11.6. The Morgan fingerprint density at radius 1 is 1.06 bits per heavy atom. The molecule has 1 aliphatic heterocycles. The Hall–Kier alpha value is -0.0800. The van der Waals surface area contributed by atoms with Gasteiger partial charge in [-0.3, -0.25) is 0 Å². The van der Waals surface area contributed by atoms with Crippen LogP contribution in [0.15, 0.2) is 0 Å². The molecule has 1 atom stereocenters. The van der Waals surface area contributed by atoms with Gasteiger partial charge in [0.25, 0.3) is 0 Å². The smallest absolute Gasteiger partial charge is 0.00217 e. The lowest BCUT2D eigenvalue weighted by molar-refractivity contribution is 0.204. The van der Waals surface area contributed by atoms with E-state index in [-0.39, 0.29) is 0 Å². The molecule has 1 N–H and O–H groups in total. The van der Waals surface area contributed by atoms with Crippen LogP contribution in [0, 0.1) is 11.8 Å². The maximum Gasteiger partial charge on any atom is 0.00217 e. The minimum Gasteiger partial charge on any atom is -0.316 e. The Bertz CT molecular complexity index is 193. The van der Waals surface area contributed by atoms with Gasteiger partial charge in [-0.1, -0.05) is 32.6 Å². The van der Waals surface area contributed by atoms with Crippen molar-refractivity contribution in [1.82, 2.24) is 10.2 Å². The predicted octanol–water partition coefficient (Wildman–Crippen LogP) is 2.89. The standard InChI is InChI=1S/C15H30N2/c1-2-17(11-9-14-6-3-4-7-14)13-15-8-5-10-16-12-15/h14-16H,2-13H2,1H3. The summed E-state index contributed by atoms with van der Waals surface area (Å²) in [6.45, 7) is 8.73. The average Bonchev–Trinajstić information content (AvgIpc) is 2.89. The summed E-state index contributed by atoms with van der Waals surface area (Å²) in [5, 5.41) is 3.53. The first-order chi connectivity index (χ1) is 8.38. The molecule has 0 aromatic heterocycles. The fourth-order valence-corrected chi connectivity index (χ4v) is 3.49. The van der Waals surface area contributed by atoms with Crippen molar-refractivity contribution in [3.05, 3.63) is 0 Å². The summed E-state index contributed by atoms with van der Waals surface area (Å²) < 4.78 is 0. The van der Waals surface area contributed by atoms with Crippen molar-refractivity contribution in [2.24, 2.45) is 11.8 Å². The first-order valence-corrected chi connectivity index (χ1v) is 7.81. The van der Waals surface area contributed by atoms with E-state index in [9.17, 15) is 0 Å². The number of hydrogen-bond acceptors (Lipinski definition) is 2. The molecular formula is C15H30N2. The molecule has 0 spiro atoms. The van der Waals surface area contributed by atoms with Crippen LogP contribution in [0.2, 0.25) is 0 Å². The third-order valence-corrected chi connectivity index (χ3v) is 4.69. The number of rotatable bonds is 6. The topological polar surface area (TPSA) is 15.3 Å². The summed E-state index contributed by atoms with van der Waals surface area (Å²) in [4.78, 5) is 2.69. The fourth-order valence-electron chi connectivity index (χ4n) is 3.49. The van der Waals surface area contributed by atoms with Crippen LogP contribution in [-0.4, -0.2) is 37.6 Å². The van der Waals surface area contributed by atoms with Gasteiger partial charge in [-0.25, -0.2) is 0 Å². The van der Waals surface area contributed by atoms with E-state index in [1.807, 2.05) is 0 Å². The second kappa shape index (κ2) is 7.38. The van der Waals surface area contributed by atoms with Crippen molar-refractivity contribution in [2.45, 2.75) is 51.9 Å².